The van der Waals surface area contributed by atoms with E-state index in [1.54, 1.807) is 12.1 Å². The summed E-state index contributed by atoms with van der Waals surface area (Å²) in [5.41, 5.74) is 8.92. The van der Waals surface area contributed by atoms with E-state index in [1.807, 2.05) is 0 Å². The molecule has 3 N–H and O–H groups in total. The second-order valence-electron chi connectivity index (χ2n) is 5.35. The number of halogens is 1. The Kier molecular flexibility index (Phi) is 4.53. The van der Waals surface area contributed by atoms with Crippen molar-refractivity contribution >= 4 is 0 Å². The van der Waals surface area contributed by atoms with Crippen LogP contribution in [0.15, 0.2) is 36.4 Å². The molecule has 0 saturated carbocycles. The summed E-state index contributed by atoms with van der Waals surface area (Å²) in [7, 11) is 0. The fourth-order valence-corrected chi connectivity index (χ4v) is 2.70. The van der Waals surface area contributed by atoms with Gasteiger partial charge in [0.1, 0.15) is 5.82 Å². The first kappa shape index (κ1) is 14.7. The molecule has 0 radical (unpaired) electrons. The van der Waals surface area contributed by atoms with Gasteiger partial charge in [-0.15, -0.1) is 0 Å². The van der Waals surface area contributed by atoms with Gasteiger partial charge in [-0.3, -0.25) is 11.3 Å². The fraction of sp³-hybridized carbons (Fsp3) is 0.294. The molecule has 0 aliphatic rings. The van der Waals surface area contributed by atoms with Crippen molar-refractivity contribution < 1.29 is 4.39 Å². The van der Waals surface area contributed by atoms with E-state index < -0.39 is 0 Å². The summed E-state index contributed by atoms with van der Waals surface area (Å²) in [6.45, 7) is 6.34. The van der Waals surface area contributed by atoms with Crippen molar-refractivity contribution in [1.29, 1.82) is 0 Å². The van der Waals surface area contributed by atoms with Crippen molar-refractivity contribution in [3.8, 4) is 0 Å². The van der Waals surface area contributed by atoms with E-state index in [0.717, 1.165) is 12.0 Å². The lowest BCUT2D eigenvalue weighted by Gasteiger charge is -2.20. The third-order valence-corrected chi connectivity index (χ3v) is 3.72. The van der Waals surface area contributed by atoms with Crippen molar-refractivity contribution in [2.45, 2.75) is 33.2 Å². The number of hydrogen-bond acceptors (Lipinski definition) is 2. The van der Waals surface area contributed by atoms with E-state index in [9.17, 15) is 4.39 Å². The minimum atomic E-state index is -0.229. The Labute approximate surface area is 119 Å². The molecule has 0 spiro atoms. The minimum Gasteiger partial charge on any atom is -0.271 e. The standard InChI is InChI=1S/C17H21FN2/c1-11-8-12(2)16(13(3)9-11)10-17(20-19)14-4-6-15(18)7-5-14/h4-9,17,20H,10,19H2,1-3H3. The normalized spacial score (nSPS) is 12.4. The quantitative estimate of drug-likeness (QED) is 0.660. The summed E-state index contributed by atoms with van der Waals surface area (Å²) in [6.07, 6.45) is 0.792. The van der Waals surface area contributed by atoms with Crippen LogP contribution >= 0.6 is 0 Å². The Morgan fingerprint density at radius 2 is 1.60 bits per heavy atom. The maximum atomic E-state index is 13.0. The molecule has 1 unspecified atom stereocenters. The molecule has 0 bridgehead atoms. The van der Waals surface area contributed by atoms with Gasteiger partial charge in [0, 0.05) is 0 Å². The Hall–Kier alpha value is -1.71. The molecule has 3 heteroatoms. The molecule has 2 aromatic carbocycles. The Bertz CT molecular complexity index is 567. The topological polar surface area (TPSA) is 38.0 Å². The zero-order valence-corrected chi connectivity index (χ0v) is 12.2. The smallest absolute Gasteiger partial charge is 0.123 e. The van der Waals surface area contributed by atoms with Crippen LogP contribution in [0.5, 0.6) is 0 Å². The summed E-state index contributed by atoms with van der Waals surface area (Å²) < 4.78 is 13.0. The molecule has 0 heterocycles. The highest BCUT2D eigenvalue weighted by Gasteiger charge is 2.14. The molecule has 2 nitrogen and oxygen atoms in total. The van der Waals surface area contributed by atoms with E-state index in [-0.39, 0.29) is 11.9 Å². The predicted molar refractivity (Wildman–Crippen MR) is 80.8 cm³/mol. The third-order valence-electron chi connectivity index (χ3n) is 3.72. The molecular weight excluding hydrogens is 251 g/mol. The summed E-state index contributed by atoms with van der Waals surface area (Å²) in [4.78, 5) is 0. The van der Waals surface area contributed by atoms with Crippen molar-refractivity contribution in [2.75, 3.05) is 0 Å². The highest BCUT2D eigenvalue weighted by molar-refractivity contribution is 5.39. The van der Waals surface area contributed by atoms with Gasteiger partial charge in [0.15, 0.2) is 0 Å². The first-order valence-corrected chi connectivity index (χ1v) is 6.79. The van der Waals surface area contributed by atoms with Crippen LogP contribution in [0.25, 0.3) is 0 Å². The zero-order valence-electron chi connectivity index (χ0n) is 12.2. The monoisotopic (exact) mass is 272 g/mol. The molecule has 2 rings (SSSR count). The minimum absolute atomic E-state index is 0.0179. The van der Waals surface area contributed by atoms with Crippen LogP contribution in [0.2, 0.25) is 0 Å². The lowest BCUT2D eigenvalue weighted by Crippen LogP contribution is -2.30. The van der Waals surface area contributed by atoms with Crippen molar-refractivity contribution in [2.24, 2.45) is 5.84 Å². The van der Waals surface area contributed by atoms with Crippen molar-refractivity contribution in [3.05, 3.63) is 70.0 Å². The van der Waals surface area contributed by atoms with Gasteiger partial charge in [-0.25, -0.2) is 4.39 Å². The first-order chi connectivity index (χ1) is 9.51. The second kappa shape index (κ2) is 6.16. The zero-order chi connectivity index (χ0) is 14.7. The Morgan fingerprint density at radius 1 is 1.05 bits per heavy atom. The van der Waals surface area contributed by atoms with Gasteiger partial charge < -0.3 is 0 Å². The molecule has 0 aromatic heterocycles. The summed E-state index contributed by atoms with van der Waals surface area (Å²) in [5, 5.41) is 0. The number of benzene rings is 2. The highest BCUT2D eigenvalue weighted by Crippen LogP contribution is 2.24. The van der Waals surface area contributed by atoms with Gasteiger partial charge in [-0.05, 0) is 61.6 Å². The average Bonchev–Trinajstić information content (AvgIpc) is 2.39. The maximum Gasteiger partial charge on any atom is 0.123 e. The number of hydrogen-bond donors (Lipinski definition) is 2. The second-order valence-corrected chi connectivity index (χ2v) is 5.35. The molecule has 0 amide bonds. The van der Waals surface area contributed by atoms with Gasteiger partial charge in [0.2, 0.25) is 0 Å². The highest BCUT2D eigenvalue weighted by atomic mass is 19.1. The lowest BCUT2D eigenvalue weighted by atomic mass is 9.92. The molecule has 0 aliphatic carbocycles. The molecule has 20 heavy (non-hydrogen) atoms. The molecule has 0 saturated heterocycles. The van der Waals surface area contributed by atoms with Crippen LogP contribution in [0.4, 0.5) is 4.39 Å². The SMILES string of the molecule is Cc1cc(C)c(CC(NN)c2ccc(F)cc2)c(C)c1. The van der Waals surface area contributed by atoms with Gasteiger partial charge in [-0.1, -0.05) is 29.8 Å². The van der Waals surface area contributed by atoms with E-state index in [2.05, 4.69) is 38.3 Å². The Balaban J connectivity index is 2.29. The Morgan fingerprint density at radius 3 is 2.10 bits per heavy atom. The summed E-state index contributed by atoms with van der Waals surface area (Å²) >= 11 is 0. The molecule has 0 fully saturated rings. The van der Waals surface area contributed by atoms with E-state index >= 15 is 0 Å². The molecular formula is C17H21FN2. The van der Waals surface area contributed by atoms with Crippen LogP contribution in [0.1, 0.15) is 33.9 Å². The van der Waals surface area contributed by atoms with Crippen molar-refractivity contribution in [1.82, 2.24) is 5.43 Å². The predicted octanol–water partition coefficient (Wildman–Crippen LogP) is 3.50. The summed E-state index contributed by atoms with van der Waals surface area (Å²) in [6, 6.07) is 10.8. The van der Waals surface area contributed by atoms with Crippen LogP contribution in [-0.4, -0.2) is 0 Å². The number of hydrazine groups is 1. The van der Waals surface area contributed by atoms with Gasteiger partial charge in [0.05, 0.1) is 6.04 Å². The number of nitrogens with two attached hydrogens (primary N) is 1. The van der Waals surface area contributed by atoms with Crippen LogP contribution in [0.3, 0.4) is 0 Å². The van der Waals surface area contributed by atoms with E-state index in [4.69, 9.17) is 5.84 Å². The van der Waals surface area contributed by atoms with Crippen LogP contribution in [0, 0.1) is 26.6 Å². The third kappa shape index (κ3) is 3.24. The number of rotatable bonds is 4. The maximum absolute atomic E-state index is 13.0. The van der Waals surface area contributed by atoms with Crippen LogP contribution < -0.4 is 11.3 Å². The molecule has 0 aliphatic heterocycles. The summed E-state index contributed by atoms with van der Waals surface area (Å²) in [5.74, 6) is 5.45. The number of aryl methyl sites for hydroxylation is 3. The largest absolute Gasteiger partial charge is 0.271 e. The lowest BCUT2D eigenvalue weighted by molar-refractivity contribution is 0.547. The van der Waals surface area contributed by atoms with Gasteiger partial charge >= 0.3 is 0 Å². The fourth-order valence-electron chi connectivity index (χ4n) is 2.70. The van der Waals surface area contributed by atoms with Crippen LogP contribution in [-0.2, 0) is 6.42 Å². The average molecular weight is 272 g/mol. The molecule has 1 atom stereocenters. The number of nitrogens with one attached hydrogen (secondary N) is 1. The molecule has 106 valence electrons. The molecule has 2 aromatic rings. The van der Waals surface area contributed by atoms with Gasteiger partial charge in [-0.2, -0.15) is 0 Å². The van der Waals surface area contributed by atoms with Gasteiger partial charge in [0.25, 0.3) is 0 Å². The first-order valence-electron chi connectivity index (χ1n) is 6.79. The van der Waals surface area contributed by atoms with Crippen molar-refractivity contribution in [3.63, 3.8) is 0 Å². The van der Waals surface area contributed by atoms with E-state index in [1.165, 1.54) is 34.4 Å². The van der Waals surface area contributed by atoms with E-state index in [0.29, 0.717) is 0 Å².